The zero-order valence-electron chi connectivity index (χ0n) is 19.5. The minimum atomic E-state index is -0.262. The van der Waals surface area contributed by atoms with Crippen LogP contribution in [0.1, 0.15) is 58.5 Å². The number of carbonyl (C=O) groups is 1. The second kappa shape index (κ2) is 9.51. The van der Waals surface area contributed by atoms with Gasteiger partial charge in [-0.2, -0.15) is 5.10 Å². The maximum Gasteiger partial charge on any atom is 0.273 e. The van der Waals surface area contributed by atoms with E-state index in [4.69, 9.17) is 4.74 Å². The summed E-state index contributed by atoms with van der Waals surface area (Å²) in [6.07, 6.45) is 5.67. The number of ether oxygens (including phenoxy) is 1. The van der Waals surface area contributed by atoms with Crippen LogP contribution in [0.2, 0.25) is 0 Å². The monoisotopic (exact) mass is 452 g/mol. The molecule has 1 atom stereocenters. The van der Waals surface area contributed by atoms with Crippen molar-refractivity contribution in [1.29, 1.82) is 0 Å². The summed E-state index contributed by atoms with van der Waals surface area (Å²) < 4.78 is 5.86. The van der Waals surface area contributed by atoms with Crippen LogP contribution in [0.3, 0.4) is 0 Å². The fraction of sp³-hybridized carbons (Fsp3) is 0.250. The molecule has 0 saturated heterocycles. The van der Waals surface area contributed by atoms with Gasteiger partial charge < -0.3 is 9.64 Å². The molecular formula is C28H28N4O2. The van der Waals surface area contributed by atoms with Crippen molar-refractivity contribution in [1.82, 2.24) is 20.1 Å². The van der Waals surface area contributed by atoms with E-state index in [-0.39, 0.29) is 11.9 Å². The predicted octanol–water partition coefficient (Wildman–Crippen LogP) is 5.70. The van der Waals surface area contributed by atoms with Gasteiger partial charge in [-0.15, -0.1) is 0 Å². The van der Waals surface area contributed by atoms with Gasteiger partial charge in [0.15, 0.2) is 0 Å². The maximum atomic E-state index is 13.5. The molecule has 34 heavy (non-hydrogen) atoms. The summed E-state index contributed by atoms with van der Waals surface area (Å²) in [5.74, 6) is 0.782. The van der Waals surface area contributed by atoms with Crippen molar-refractivity contribution in [2.75, 3.05) is 6.61 Å². The lowest BCUT2D eigenvalue weighted by molar-refractivity contribution is 0.0730. The lowest BCUT2D eigenvalue weighted by Gasteiger charge is -2.26. The number of benzene rings is 2. The Morgan fingerprint density at radius 1 is 1.06 bits per heavy atom. The molecule has 2 aromatic carbocycles. The van der Waals surface area contributed by atoms with Gasteiger partial charge in [0.1, 0.15) is 11.4 Å². The fourth-order valence-corrected chi connectivity index (χ4v) is 4.41. The lowest BCUT2D eigenvalue weighted by atomic mass is 9.95. The standard InChI is InChI=1S/C28H28N4O2/c1-3-4-16-34-23-13-11-22(12-14-23)27-24-25(21-9-7-19(2)8-10-21)30-31-26(24)28(33)32(27)18-20-6-5-15-29-17-20/h5-15,17,27H,3-4,16,18H2,1-2H3,(H,30,31). The zero-order chi connectivity index (χ0) is 23.5. The summed E-state index contributed by atoms with van der Waals surface area (Å²) in [6, 6.07) is 20.0. The highest BCUT2D eigenvalue weighted by molar-refractivity contribution is 6.00. The third-order valence-corrected chi connectivity index (χ3v) is 6.23. The third-order valence-electron chi connectivity index (χ3n) is 6.23. The van der Waals surface area contributed by atoms with E-state index in [2.05, 4.69) is 65.4 Å². The highest BCUT2D eigenvalue weighted by Crippen LogP contribution is 2.43. The van der Waals surface area contributed by atoms with E-state index in [1.54, 1.807) is 12.4 Å². The van der Waals surface area contributed by atoms with Gasteiger partial charge in [-0.25, -0.2) is 0 Å². The number of rotatable bonds is 8. The molecule has 2 aromatic heterocycles. The normalized spacial score (nSPS) is 14.9. The Morgan fingerprint density at radius 2 is 1.85 bits per heavy atom. The third kappa shape index (κ3) is 4.19. The summed E-state index contributed by atoms with van der Waals surface area (Å²) in [5, 5.41) is 7.59. The lowest BCUT2D eigenvalue weighted by Crippen LogP contribution is -2.29. The number of hydrogen-bond donors (Lipinski definition) is 1. The first kappa shape index (κ1) is 21.9. The number of aryl methyl sites for hydroxylation is 1. The second-order valence-corrected chi connectivity index (χ2v) is 8.69. The van der Waals surface area contributed by atoms with Crippen molar-refractivity contribution in [3.63, 3.8) is 0 Å². The van der Waals surface area contributed by atoms with Gasteiger partial charge in [-0.3, -0.25) is 14.9 Å². The van der Waals surface area contributed by atoms with Crippen LogP contribution in [0.25, 0.3) is 11.3 Å². The van der Waals surface area contributed by atoms with E-state index in [9.17, 15) is 4.79 Å². The molecule has 0 fully saturated rings. The topological polar surface area (TPSA) is 71.1 Å². The molecule has 1 aliphatic heterocycles. The minimum absolute atomic E-state index is 0.0574. The number of fused-ring (bicyclic) bond motifs is 1. The van der Waals surface area contributed by atoms with Crippen LogP contribution in [-0.2, 0) is 6.54 Å². The van der Waals surface area contributed by atoms with Gasteiger partial charge in [0, 0.05) is 30.1 Å². The number of nitrogens with zero attached hydrogens (tertiary/aromatic N) is 3. The summed E-state index contributed by atoms with van der Waals surface area (Å²) in [5.41, 5.74) is 6.45. The Kier molecular flexibility index (Phi) is 6.12. The summed E-state index contributed by atoms with van der Waals surface area (Å²) >= 11 is 0. The van der Waals surface area contributed by atoms with Crippen LogP contribution < -0.4 is 4.74 Å². The maximum absolute atomic E-state index is 13.5. The first-order chi connectivity index (χ1) is 16.7. The molecule has 0 aliphatic carbocycles. The van der Waals surface area contributed by atoms with Crippen LogP contribution in [0.5, 0.6) is 5.75 Å². The number of hydrogen-bond acceptors (Lipinski definition) is 4. The van der Waals surface area contributed by atoms with Crippen LogP contribution in [-0.4, -0.2) is 32.6 Å². The molecule has 0 bridgehead atoms. The average molecular weight is 453 g/mol. The molecule has 5 rings (SSSR count). The van der Waals surface area contributed by atoms with Gasteiger partial charge in [-0.05, 0) is 42.7 Å². The molecule has 6 nitrogen and oxygen atoms in total. The number of aromatic nitrogens is 3. The molecular weight excluding hydrogens is 424 g/mol. The number of nitrogens with one attached hydrogen (secondary N) is 1. The van der Waals surface area contributed by atoms with E-state index >= 15 is 0 Å². The Morgan fingerprint density at radius 3 is 2.56 bits per heavy atom. The largest absolute Gasteiger partial charge is 0.494 e. The van der Waals surface area contributed by atoms with E-state index in [0.717, 1.165) is 46.5 Å². The Hall–Kier alpha value is -3.93. The number of carbonyl (C=O) groups excluding carboxylic acids is 1. The van der Waals surface area contributed by atoms with Crippen molar-refractivity contribution in [2.24, 2.45) is 0 Å². The summed E-state index contributed by atoms with van der Waals surface area (Å²) in [6.45, 7) is 5.37. The molecule has 6 heteroatoms. The molecule has 3 heterocycles. The summed E-state index contributed by atoms with van der Waals surface area (Å²) in [7, 11) is 0. The van der Waals surface area contributed by atoms with E-state index in [0.29, 0.717) is 18.8 Å². The predicted molar refractivity (Wildman–Crippen MR) is 132 cm³/mol. The molecule has 0 spiro atoms. The SMILES string of the molecule is CCCCOc1ccc(C2c3c(-c4ccc(C)cc4)n[nH]c3C(=O)N2Cc2cccnc2)cc1. The minimum Gasteiger partial charge on any atom is -0.494 e. The number of amides is 1. The van der Waals surface area contributed by atoms with E-state index in [1.165, 1.54) is 5.56 Å². The molecule has 1 unspecified atom stereocenters. The first-order valence-corrected chi connectivity index (χ1v) is 11.7. The fourth-order valence-electron chi connectivity index (χ4n) is 4.41. The second-order valence-electron chi connectivity index (χ2n) is 8.69. The van der Waals surface area contributed by atoms with Crippen molar-refractivity contribution in [3.05, 3.63) is 101 Å². The highest BCUT2D eigenvalue weighted by atomic mass is 16.5. The Labute approximate surface area is 199 Å². The number of aromatic amines is 1. The van der Waals surface area contributed by atoms with Gasteiger partial charge >= 0.3 is 0 Å². The van der Waals surface area contributed by atoms with E-state index in [1.807, 2.05) is 29.2 Å². The number of H-pyrrole nitrogens is 1. The van der Waals surface area contributed by atoms with Crippen molar-refractivity contribution >= 4 is 5.91 Å². The Bertz CT molecular complexity index is 1260. The first-order valence-electron chi connectivity index (χ1n) is 11.7. The van der Waals surface area contributed by atoms with Crippen molar-refractivity contribution in [3.8, 4) is 17.0 Å². The van der Waals surface area contributed by atoms with Crippen LogP contribution in [0, 0.1) is 6.92 Å². The van der Waals surface area contributed by atoms with Gasteiger partial charge in [0.05, 0.1) is 18.3 Å². The van der Waals surface area contributed by atoms with Gasteiger partial charge in [0.25, 0.3) is 5.91 Å². The van der Waals surface area contributed by atoms with Crippen LogP contribution in [0.15, 0.2) is 73.1 Å². The van der Waals surface area contributed by atoms with Gasteiger partial charge in [-0.1, -0.05) is 61.4 Å². The molecule has 0 saturated carbocycles. The quantitative estimate of drug-likeness (QED) is 0.348. The van der Waals surface area contributed by atoms with Gasteiger partial charge in [0.2, 0.25) is 0 Å². The molecule has 0 radical (unpaired) electrons. The highest BCUT2D eigenvalue weighted by Gasteiger charge is 2.42. The molecule has 1 amide bonds. The number of unbranched alkanes of at least 4 members (excludes halogenated alkanes) is 1. The summed E-state index contributed by atoms with van der Waals surface area (Å²) in [4.78, 5) is 19.7. The smallest absolute Gasteiger partial charge is 0.273 e. The van der Waals surface area contributed by atoms with Crippen molar-refractivity contribution < 1.29 is 9.53 Å². The average Bonchev–Trinajstić information content (AvgIpc) is 3.40. The molecule has 1 N–H and O–H groups in total. The molecule has 1 aliphatic rings. The Balaban J connectivity index is 1.55. The van der Waals surface area contributed by atoms with Crippen molar-refractivity contribution in [2.45, 2.75) is 39.3 Å². The van der Waals surface area contributed by atoms with Crippen LogP contribution in [0.4, 0.5) is 0 Å². The van der Waals surface area contributed by atoms with Crippen LogP contribution >= 0.6 is 0 Å². The van der Waals surface area contributed by atoms with E-state index < -0.39 is 0 Å². The molecule has 172 valence electrons. The zero-order valence-corrected chi connectivity index (χ0v) is 19.5. The number of pyridine rings is 1. The molecule has 4 aromatic rings.